The summed E-state index contributed by atoms with van der Waals surface area (Å²) in [5, 5.41) is 16.6. The Hall–Kier alpha value is -5.19. The molecule has 0 fully saturated rings. The Labute approximate surface area is 229 Å². The van der Waals surface area contributed by atoms with Gasteiger partial charge in [-0.05, 0) is 49.7 Å². The van der Waals surface area contributed by atoms with Gasteiger partial charge in [-0.2, -0.15) is 5.10 Å². The average Bonchev–Trinajstić information content (AvgIpc) is 3.70. The number of H-pyrrole nitrogens is 1. The monoisotopic (exact) mass is 534 g/mol. The van der Waals surface area contributed by atoms with Crippen LogP contribution in [0.4, 0.5) is 0 Å². The van der Waals surface area contributed by atoms with Gasteiger partial charge in [-0.1, -0.05) is 18.2 Å². The van der Waals surface area contributed by atoms with E-state index in [1.54, 1.807) is 15.5 Å². The highest BCUT2D eigenvalue weighted by molar-refractivity contribution is 5.68. The van der Waals surface area contributed by atoms with E-state index < -0.39 is 0 Å². The van der Waals surface area contributed by atoms with Gasteiger partial charge in [0.15, 0.2) is 11.5 Å². The van der Waals surface area contributed by atoms with E-state index >= 15 is 0 Å². The van der Waals surface area contributed by atoms with Gasteiger partial charge in [0, 0.05) is 35.6 Å². The van der Waals surface area contributed by atoms with E-state index in [2.05, 4.69) is 20.3 Å². The van der Waals surface area contributed by atoms with E-state index in [0.717, 1.165) is 45.0 Å². The molecular weight excluding hydrogens is 508 g/mol. The summed E-state index contributed by atoms with van der Waals surface area (Å²) in [6.07, 6.45) is 5.46. The molecule has 6 aromatic rings. The van der Waals surface area contributed by atoms with E-state index in [9.17, 15) is 0 Å². The zero-order chi connectivity index (χ0) is 27.2. The highest BCUT2D eigenvalue weighted by atomic mass is 16.5. The first-order valence-corrected chi connectivity index (χ1v) is 13.0. The summed E-state index contributed by atoms with van der Waals surface area (Å²) in [6.45, 7) is 4.98. The summed E-state index contributed by atoms with van der Waals surface area (Å²) < 4.78 is 21.1. The smallest absolute Gasteiger partial charge is 0.244 e. The number of hydrogen-bond donors (Lipinski definition) is 1. The molecule has 0 bridgehead atoms. The van der Waals surface area contributed by atoms with Gasteiger partial charge in [-0.25, -0.2) is 14.5 Å². The van der Waals surface area contributed by atoms with Crippen LogP contribution in [0.1, 0.15) is 40.8 Å². The van der Waals surface area contributed by atoms with Crippen molar-refractivity contribution in [2.45, 2.75) is 26.4 Å². The molecule has 1 aliphatic heterocycles. The zero-order valence-corrected chi connectivity index (χ0v) is 22.2. The molecule has 1 unspecified atom stereocenters. The molecule has 0 amide bonds. The number of rotatable bonds is 7. The molecule has 1 atom stereocenters. The van der Waals surface area contributed by atoms with Crippen LogP contribution in [-0.4, -0.2) is 46.2 Å². The molecule has 0 saturated carbocycles. The third kappa shape index (κ3) is 4.12. The van der Waals surface area contributed by atoms with Crippen molar-refractivity contribution >= 4 is 5.65 Å². The molecule has 4 aromatic heterocycles. The lowest BCUT2D eigenvalue weighted by molar-refractivity contribution is 0.304. The molecule has 11 heteroatoms. The summed E-state index contributed by atoms with van der Waals surface area (Å²) in [6, 6.07) is 15.6. The number of ether oxygens (including phenoxy) is 3. The fourth-order valence-electron chi connectivity index (χ4n) is 5.07. The van der Waals surface area contributed by atoms with Gasteiger partial charge in [0.2, 0.25) is 11.8 Å². The number of nitrogens with zero attached hydrogens (tertiary/aromatic N) is 7. The van der Waals surface area contributed by atoms with Crippen LogP contribution in [0.25, 0.3) is 17.0 Å². The van der Waals surface area contributed by atoms with Crippen LogP contribution in [0.15, 0.2) is 67.3 Å². The number of aryl methyl sites for hydroxylation is 2. The average molecular weight is 535 g/mol. The van der Waals surface area contributed by atoms with Gasteiger partial charge in [-0.3, -0.25) is 9.78 Å². The molecule has 1 N–H and O–H groups in total. The van der Waals surface area contributed by atoms with Gasteiger partial charge >= 0.3 is 0 Å². The summed E-state index contributed by atoms with van der Waals surface area (Å²) >= 11 is 0. The largest absolute Gasteiger partial charge is 0.494 e. The van der Waals surface area contributed by atoms with E-state index in [1.807, 2.05) is 81.8 Å². The minimum absolute atomic E-state index is 0.215. The molecule has 7 rings (SSSR count). The highest BCUT2D eigenvalue weighted by Gasteiger charge is 2.37. The third-order valence-corrected chi connectivity index (χ3v) is 6.90. The number of fused-ring (bicyclic) bond motifs is 4. The number of aromatic nitrogens is 8. The lowest BCUT2D eigenvalue weighted by atomic mass is 9.86. The van der Waals surface area contributed by atoms with Crippen molar-refractivity contribution in [1.29, 1.82) is 0 Å². The minimum Gasteiger partial charge on any atom is -0.494 e. The maximum absolute atomic E-state index is 6.11. The van der Waals surface area contributed by atoms with Crippen LogP contribution in [-0.2, 0) is 13.7 Å². The van der Waals surface area contributed by atoms with Crippen molar-refractivity contribution in [3.05, 3.63) is 95.2 Å². The number of nitrogens with one attached hydrogen (secondary N) is 1. The van der Waals surface area contributed by atoms with Crippen molar-refractivity contribution in [3.63, 3.8) is 0 Å². The summed E-state index contributed by atoms with van der Waals surface area (Å²) in [4.78, 5) is 9.54. The molecule has 11 nitrogen and oxygen atoms in total. The second-order valence-corrected chi connectivity index (χ2v) is 9.61. The molecule has 5 heterocycles. The van der Waals surface area contributed by atoms with Gasteiger partial charge in [-0.15, -0.1) is 10.2 Å². The Morgan fingerprint density at radius 2 is 1.85 bits per heavy atom. The predicted octanol–water partition coefficient (Wildman–Crippen LogP) is 4.82. The normalized spacial score (nSPS) is 14.0. The van der Waals surface area contributed by atoms with Gasteiger partial charge < -0.3 is 14.2 Å². The van der Waals surface area contributed by atoms with Crippen molar-refractivity contribution < 1.29 is 14.2 Å². The van der Waals surface area contributed by atoms with Crippen LogP contribution >= 0.6 is 0 Å². The van der Waals surface area contributed by atoms with Crippen molar-refractivity contribution in [3.8, 4) is 34.6 Å². The van der Waals surface area contributed by atoms with Gasteiger partial charge in [0.1, 0.15) is 24.4 Å². The first kappa shape index (κ1) is 23.9. The second-order valence-electron chi connectivity index (χ2n) is 9.61. The molecule has 1 aliphatic rings. The van der Waals surface area contributed by atoms with Crippen LogP contribution in [0.5, 0.6) is 23.3 Å². The maximum atomic E-state index is 6.11. The molecule has 0 radical (unpaired) electrons. The van der Waals surface area contributed by atoms with Crippen molar-refractivity contribution in [1.82, 2.24) is 39.6 Å². The summed E-state index contributed by atoms with van der Waals surface area (Å²) in [7, 11) is 1.90. The summed E-state index contributed by atoms with van der Waals surface area (Å²) in [5.74, 6) is 2.92. The molecule has 0 spiro atoms. The van der Waals surface area contributed by atoms with Crippen LogP contribution in [0.3, 0.4) is 0 Å². The minimum atomic E-state index is -0.215. The molecule has 40 heavy (non-hydrogen) atoms. The Balaban J connectivity index is 1.23. The molecule has 0 saturated heterocycles. The van der Waals surface area contributed by atoms with E-state index in [-0.39, 0.29) is 5.92 Å². The Kier molecular flexibility index (Phi) is 5.69. The number of aromatic amines is 1. The van der Waals surface area contributed by atoms with Gasteiger partial charge in [0.05, 0.1) is 24.3 Å². The molecule has 2 aromatic carbocycles. The molecular formula is C29H26N8O3. The maximum Gasteiger partial charge on any atom is 0.244 e. The zero-order valence-electron chi connectivity index (χ0n) is 22.2. The lowest BCUT2D eigenvalue weighted by Gasteiger charge is -2.24. The van der Waals surface area contributed by atoms with Gasteiger partial charge in [0.25, 0.3) is 0 Å². The van der Waals surface area contributed by atoms with Crippen molar-refractivity contribution in [2.24, 2.45) is 7.05 Å². The lowest BCUT2D eigenvalue weighted by Crippen LogP contribution is -2.14. The second kappa shape index (κ2) is 9.53. The topological polar surface area (TPSA) is 117 Å². The molecule has 0 aliphatic carbocycles. The van der Waals surface area contributed by atoms with Crippen LogP contribution in [0, 0.1) is 6.92 Å². The van der Waals surface area contributed by atoms with E-state index in [4.69, 9.17) is 24.3 Å². The third-order valence-electron chi connectivity index (χ3n) is 6.90. The standard InChI is InChI=1S/C29H26N8O3/c1-4-38-21-8-10-22(11-9-21)39-15-18-6-5-7-19(12-18)26-32-27-25-24(20-13-31-36(3)14-20)23-17(2)33-34-29(23)40-28(25)30-16-37(27)35-26/h5-14,16,24H,4,15H2,1-3H3,(H,33,34). The van der Waals surface area contributed by atoms with E-state index in [1.165, 1.54) is 0 Å². The highest BCUT2D eigenvalue weighted by Crippen LogP contribution is 2.48. The van der Waals surface area contributed by atoms with Crippen LogP contribution < -0.4 is 14.2 Å². The fraction of sp³-hybridized carbons (Fsp3) is 0.207. The van der Waals surface area contributed by atoms with Crippen molar-refractivity contribution in [2.75, 3.05) is 6.61 Å². The van der Waals surface area contributed by atoms with E-state index in [0.29, 0.717) is 36.4 Å². The quantitative estimate of drug-likeness (QED) is 0.309. The number of hydrogen-bond acceptors (Lipinski definition) is 8. The Bertz CT molecular complexity index is 1840. The Morgan fingerprint density at radius 1 is 1.02 bits per heavy atom. The predicted molar refractivity (Wildman–Crippen MR) is 146 cm³/mol. The first-order chi connectivity index (χ1) is 19.6. The summed E-state index contributed by atoms with van der Waals surface area (Å²) in [5.41, 5.74) is 6.20. The number of benzene rings is 2. The Morgan fingerprint density at radius 3 is 2.62 bits per heavy atom. The molecule has 200 valence electrons. The fourth-order valence-corrected chi connectivity index (χ4v) is 5.07. The first-order valence-electron chi connectivity index (χ1n) is 13.0. The SMILES string of the molecule is CCOc1ccc(OCc2cccc(-c3nc4c5c(ncn4n3)Oc3n[nH]c(C)c3C5c3cnn(C)c3)c2)cc1. The van der Waals surface area contributed by atoms with Crippen LogP contribution in [0.2, 0.25) is 0 Å².